The van der Waals surface area contributed by atoms with Crippen molar-refractivity contribution in [3.05, 3.63) is 11.6 Å². The molecular formula is C31H45NO3. The zero-order chi connectivity index (χ0) is 25.8. The Morgan fingerprint density at radius 3 is 2.26 bits per heavy atom. The van der Waals surface area contributed by atoms with Gasteiger partial charge in [0.25, 0.3) is 0 Å². The number of rotatable bonds is 2. The zero-order valence-corrected chi connectivity index (χ0v) is 22.9. The summed E-state index contributed by atoms with van der Waals surface area (Å²) in [5.41, 5.74) is -0.739. The molecule has 35 heavy (non-hydrogen) atoms. The lowest BCUT2D eigenvalue weighted by molar-refractivity contribution is -0.223. The molecule has 0 spiro atoms. The molecular weight excluding hydrogens is 434 g/mol. The maximum Gasteiger partial charge on any atom is 0.309 e. The largest absolute Gasteiger partial charge is 0.481 e. The molecule has 0 aromatic heterocycles. The highest BCUT2D eigenvalue weighted by Gasteiger charge is 2.72. The van der Waals surface area contributed by atoms with Gasteiger partial charge in [-0.3, -0.25) is 9.59 Å². The molecule has 5 aliphatic rings. The van der Waals surface area contributed by atoms with Crippen LogP contribution < -0.4 is 0 Å². The van der Waals surface area contributed by atoms with E-state index in [0.29, 0.717) is 29.2 Å². The molecule has 4 fully saturated rings. The fourth-order valence-electron chi connectivity index (χ4n) is 11.4. The first-order valence-electron chi connectivity index (χ1n) is 14.1. The van der Waals surface area contributed by atoms with Gasteiger partial charge in [0.1, 0.15) is 6.07 Å². The number of carboxylic acid groups (broad SMARTS) is 1. The lowest BCUT2D eigenvalue weighted by Crippen LogP contribution is -2.66. The second kappa shape index (κ2) is 7.45. The van der Waals surface area contributed by atoms with Crippen molar-refractivity contribution >= 4 is 11.8 Å². The first kappa shape index (κ1) is 25.0. The van der Waals surface area contributed by atoms with Crippen LogP contribution in [0.2, 0.25) is 0 Å². The number of fused-ring (bicyclic) bond motifs is 7. The molecule has 1 N–H and O–H groups in total. The van der Waals surface area contributed by atoms with E-state index in [1.165, 1.54) is 0 Å². The molecule has 9 atom stereocenters. The molecule has 4 heteroatoms. The van der Waals surface area contributed by atoms with Crippen LogP contribution in [0.5, 0.6) is 0 Å². The molecule has 0 aromatic rings. The minimum Gasteiger partial charge on any atom is -0.481 e. The van der Waals surface area contributed by atoms with Gasteiger partial charge in [-0.2, -0.15) is 5.26 Å². The molecule has 0 amide bonds. The number of hydrogen-bond donors (Lipinski definition) is 1. The van der Waals surface area contributed by atoms with E-state index in [4.69, 9.17) is 0 Å². The number of nitrogens with zero attached hydrogens (tertiary/aromatic N) is 1. The summed E-state index contributed by atoms with van der Waals surface area (Å²) in [7, 11) is 0. The number of hydrogen-bond acceptors (Lipinski definition) is 3. The molecule has 5 aliphatic carbocycles. The van der Waals surface area contributed by atoms with Crippen LogP contribution in [-0.2, 0) is 9.59 Å². The molecule has 4 saturated carbocycles. The number of Topliss-reactive ketones (excluding diaryl/α,β-unsaturated/α-hetero) is 1. The van der Waals surface area contributed by atoms with Crippen LogP contribution in [0.4, 0.5) is 0 Å². The van der Waals surface area contributed by atoms with Crippen molar-refractivity contribution in [3.63, 3.8) is 0 Å². The minimum atomic E-state index is -0.551. The summed E-state index contributed by atoms with van der Waals surface area (Å²) in [6, 6.07) is 2.25. The lowest BCUT2D eigenvalue weighted by Gasteiger charge is -2.71. The highest BCUT2D eigenvalue weighted by atomic mass is 16.4. The molecule has 0 saturated heterocycles. The fraction of sp³-hybridized carbons (Fsp3) is 0.839. The van der Waals surface area contributed by atoms with Gasteiger partial charge in [-0.15, -0.1) is 0 Å². The average Bonchev–Trinajstić information content (AvgIpc) is 3.18. The smallest absolute Gasteiger partial charge is 0.309 e. The monoisotopic (exact) mass is 479 g/mol. The second-order valence-electron chi connectivity index (χ2n) is 14.7. The summed E-state index contributed by atoms with van der Waals surface area (Å²) in [5, 5.41) is 20.4. The molecule has 0 bridgehead atoms. The second-order valence-corrected chi connectivity index (χ2v) is 14.7. The van der Waals surface area contributed by atoms with Crippen molar-refractivity contribution in [2.75, 3.05) is 0 Å². The number of carbonyl (C=O) groups is 2. The normalized spacial score (nSPS) is 50.3. The molecule has 4 unspecified atom stereocenters. The van der Waals surface area contributed by atoms with Gasteiger partial charge in [0, 0.05) is 5.41 Å². The first-order chi connectivity index (χ1) is 16.2. The predicted molar refractivity (Wildman–Crippen MR) is 136 cm³/mol. The lowest BCUT2D eigenvalue weighted by atomic mass is 9.32. The van der Waals surface area contributed by atoms with E-state index in [1.54, 1.807) is 0 Å². The Hall–Kier alpha value is -1.63. The van der Waals surface area contributed by atoms with Crippen molar-refractivity contribution in [1.82, 2.24) is 0 Å². The van der Waals surface area contributed by atoms with Gasteiger partial charge < -0.3 is 5.11 Å². The third kappa shape index (κ3) is 2.85. The third-order valence-corrected chi connectivity index (χ3v) is 13.2. The van der Waals surface area contributed by atoms with Crippen LogP contribution in [0.1, 0.15) is 99.8 Å². The van der Waals surface area contributed by atoms with Crippen LogP contribution in [-0.4, -0.2) is 16.9 Å². The number of ketones is 1. The van der Waals surface area contributed by atoms with Gasteiger partial charge in [-0.25, -0.2) is 0 Å². The first-order valence-corrected chi connectivity index (χ1v) is 14.1. The number of nitriles is 1. The molecule has 5 rings (SSSR count). The number of allylic oxidation sites excluding steroid dienone is 2. The number of aliphatic carboxylic acids is 1. The number of carbonyl (C=O) groups excluding carboxylic acids is 1. The summed E-state index contributed by atoms with van der Waals surface area (Å²) < 4.78 is 0. The Morgan fingerprint density at radius 2 is 1.66 bits per heavy atom. The molecule has 4 nitrogen and oxygen atoms in total. The Balaban J connectivity index is 1.61. The topological polar surface area (TPSA) is 78.2 Å². The van der Waals surface area contributed by atoms with E-state index in [1.807, 2.05) is 0 Å². The van der Waals surface area contributed by atoms with E-state index in [9.17, 15) is 20.0 Å². The van der Waals surface area contributed by atoms with Crippen LogP contribution in [0, 0.1) is 73.9 Å². The van der Waals surface area contributed by atoms with Gasteiger partial charge in [-0.1, -0.05) is 54.5 Å². The number of carboxylic acids is 1. The summed E-state index contributed by atoms with van der Waals surface area (Å²) in [5.74, 6) is 1.80. The standard InChI is InChI=1S/C31H45NO3/c1-18(2)20-10-13-31(26(34)35)15-14-29(6)21(24(20)31)8-9-23-28(5)16-19(17-32)25(33)27(3,4)22(28)11-12-30(23,29)7/h16,18,20-24H,8-15H2,1-7H3,(H,34,35)/t20-,21?,22-,23+,24+,28?,29+,30?,31?/m0/s1. The Morgan fingerprint density at radius 1 is 0.971 bits per heavy atom. The van der Waals surface area contributed by atoms with E-state index in [-0.39, 0.29) is 33.9 Å². The van der Waals surface area contributed by atoms with Crippen LogP contribution in [0.15, 0.2) is 11.6 Å². The Bertz CT molecular complexity index is 1030. The Kier molecular flexibility index (Phi) is 5.33. The molecule has 192 valence electrons. The maximum atomic E-state index is 13.2. The molecule has 0 aromatic carbocycles. The van der Waals surface area contributed by atoms with E-state index in [0.717, 1.165) is 51.4 Å². The van der Waals surface area contributed by atoms with E-state index in [2.05, 4.69) is 60.6 Å². The quantitative estimate of drug-likeness (QED) is 0.460. The summed E-state index contributed by atoms with van der Waals surface area (Å²) in [6.45, 7) is 16.1. The van der Waals surface area contributed by atoms with Crippen LogP contribution in [0.25, 0.3) is 0 Å². The van der Waals surface area contributed by atoms with Gasteiger partial charge in [0.05, 0.1) is 11.0 Å². The minimum absolute atomic E-state index is 0.0145. The van der Waals surface area contributed by atoms with E-state index < -0.39 is 16.8 Å². The average molecular weight is 480 g/mol. The molecule has 0 aliphatic heterocycles. The molecule has 0 heterocycles. The SMILES string of the molecule is CC(C)[C@@H]1CCC2(C(=O)O)CC[C@]3(C)C(CC[C@@H]4C5(C)C=C(C#N)C(=O)C(C)(C)[C@@H]5CCC43C)[C@@H]12. The predicted octanol–water partition coefficient (Wildman–Crippen LogP) is 7.05. The van der Waals surface area contributed by atoms with Gasteiger partial charge in [0.15, 0.2) is 5.78 Å². The fourth-order valence-corrected chi connectivity index (χ4v) is 11.4. The van der Waals surface area contributed by atoms with Crippen molar-refractivity contribution in [2.24, 2.45) is 62.6 Å². The van der Waals surface area contributed by atoms with E-state index >= 15 is 0 Å². The van der Waals surface area contributed by atoms with Crippen molar-refractivity contribution < 1.29 is 14.7 Å². The Labute approximate surface area is 211 Å². The summed E-state index contributed by atoms with van der Waals surface area (Å²) in [6.07, 6.45) is 9.99. The molecule has 0 radical (unpaired) electrons. The highest BCUT2D eigenvalue weighted by molar-refractivity contribution is 6.04. The van der Waals surface area contributed by atoms with Gasteiger partial charge >= 0.3 is 5.97 Å². The van der Waals surface area contributed by atoms with Crippen LogP contribution in [0.3, 0.4) is 0 Å². The van der Waals surface area contributed by atoms with Crippen molar-refractivity contribution in [1.29, 1.82) is 5.26 Å². The maximum absolute atomic E-state index is 13.2. The van der Waals surface area contributed by atoms with Crippen molar-refractivity contribution in [2.45, 2.75) is 99.8 Å². The third-order valence-electron chi connectivity index (χ3n) is 13.2. The van der Waals surface area contributed by atoms with Gasteiger partial charge in [-0.05, 0) is 103 Å². The zero-order valence-electron chi connectivity index (χ0n) is 22.9. The summed E-state index contributed by atoms with van der Waals surface area (Å²) >= 11 is 0. The summed E-state index contributed by atoms with van der Waals surface area (Å²) in [4.78, 5) is 26.0. The van der Waals surface area contributed by atoms with Crippen LogP contribution >= 0.6 is 0 Å². The highest BCUT2D eigenvalue weighted by Crippen LogP contribution is 2.77. The van der Waals surface area contributed by atoms with Crippen molar-refractivity contribution in [3.8, 4) is 6.07 Å². The van der Waals surface area contributed by atoms with Gasteiger partial charge in [0.2, 0.25) is 0 Å².